The molecule has 0 bridgehead atoms. The maximum absolute atomic E-state index is 11.8. The van der Waals surface area contributed by atoms with Crippen molar-refractivity contribution in [2.75, 3.05) is 18.5 Å². The van der Waals surface area contributed by atoms with Crippen molar-refractivity contribution in [3.8, 4) is 0 Å². The van der Waals surface area contributed by atoms with E-state index in [2.05, 4.69) is 36.6 Å². The summed E-state index contributed by atoms with van der Waals surface area (Å²) in [6, 6.07) is 7.83. The van der Waals surface area contributed by atoms with Crippen LogP contribution in [0.25, 0.3) is 0 Å². The number of nitrogens with one attached hydrogen (secondary N) is 2. The molecule has 0 heterocycles. The van der Waals surface area contributed by atoms with Gasteiger partial charge in [-0.1, -0.05) is 38.8 Å². The van der Waals surface area contributed by atoms with Crippen LogP contribution in [0.1, 0.15) is 57.4 Å². The van der Waals surface area contributed by atoms with Gasteiger partial charge in [0.1, 0.15) is 0 Å². The Morgan fingerprint density at radius 3 is 2.55 bits per heavy atom. The Hall–Kier alpha value is -1.55. The number of hydrogen-bond donors (Lipinski definition) is 2. The molecule has 22 heavy (non-hydrogen) atoms. The van der Waals surface area contributed by atoms with E-state index in [9.17, 15) is 4.79 Å². The highest BCUT2D eigenvalue weighted by molar-refractivity contribution is 5.89. The van der Waals surface area contributed by atoms with Gasteiger partial charge in [0, 0.05) is 18.8 Å². The van der Waals surface area contributed by atoms with E-state index in [0.717, 1.165) is 18.7 Å². The number of carbonyl (C=O) groups excluding carboxylic acids is 1. The Morgan fingerprint density at radius 1 is 1.23 bits per heavy atom. The van der Waals surface area contributed by atoms with Crippen molar-refractivity contribution >= 4 is 11.7 Å². The molecule has 1 aromatic rings. The summed E-state index contributed by atoms with van der Waals surface area (Å²) in [6.45, 7) is 5.68. The molecule has 1 aliphatic rings. The monoisotopic (exact) mass is 304 g/mol. The van der Waals surface area contributed by atoms with Crippen molar-refractivity contribution in [2.45, 2.75) is 58.0 Å². The second-order valence-corrected chi connectivity index (χ2v) is 6.29. The molecule has 4 heteroatoms. The predicted octanol–water partition coefficient (Wildman–Crippen LogP) is 4.28. The van der Waals surface area contributed by atoms with Crippen LogP contribution in [0.3, 0.4) is 0 Å². The van der Waals surface area contributed by atoms with Crippen molar-refractivity contribution in [3.63, 3.8) is 0 Å². The van der Waals surface area contributed by atoms with Gasteiger partial charge in [0.2, 0.25) is 0 Å². The molecule has 0 atom stereocenters. The minimum absolute atomic E-state index is 0.154. The number of amides is 2. The minimum Gasteiger partial charge on any atom is -0.378 e. The molecule has 1 saturated carbocycles. The largest absolute Gasteiger partial charge is 0.378 e. The Kier molecular flexibility index (Phi) is 6.72. The van der Waals surface area contributed by atoms with E-state index >= 15 is 0 Å². The van der Waals surface area contributed by atoms with E-state index in [1.54, 1.807) is 0 Å². The highest BCUT2D eigenvalue weighted by atomic mass is 16.5. The molecule has 0 aromatic heterocycles. The summed E-state index contributed by atoms with van der Waals surface area (Å²) < 4.78 is 5.77. The molecule has 122 valence electrons. The molecule has 2 rings (SSSR count). The molecule has 0 aliphatic heterocycles. The third-order valence-electron chi connectivity index (χ3n) is 4.10. The Morgan fingerprint density at radius 2 is 1.91 bits per heavy atom. The summed E-state index contributed by atoms with van der Waals surface area (Å²) in [5.41, 5.74) is 2.10. The van der Waals surface area contributed by atoms with Crippen LogP contribution in [-0.2, 0) is 4.74 Å². The lowest BCUT2D eigenvalue weighted by atomic mass is 10.0. The van der Waals surface area contributed by atoms with Gasteiger partial charge in [-0.05, 0) is 42.9 Å². The highest BCUT2D eigenvalue weighted by Gasteiger charge is 2.14. The van der Waals surface area contributed by atoms with Crippen LogP contribution in [0.15, 0.2) is 24.3 Å². The zero-order chi connectivity index (χ0) is 15.8. The van der Waals surface area contributed by atoms with Gasteiger partial charge < -0.3 is 15.4 Å². The van der Waals surface area contributed by atoms with E-state index in [4.69, 9.17) is 4.74 Å². The third-order valence-corrected chi connectivity index (χ3v) is 4.10. The SMILES string of the molecule is CC(C)c1ccc(NC(=O)NCCCOC2CCCC2)cc1. The van der Waals surface area contributed by atoms with E-state index in [0.29, 0.717) is 18.6 Å². The number of rotatable bonds is 7. The van der Waals surface area contributed by atoms with Crippen molar-refractivity contribution in [1.82, 2.24) is 5.32 Å². The molecule has 1 aliphatic carbocycles. The van der Waals surface area contributed by atoms with Gasteiger partial charge in [0.15, 0.2) is 0 Å². The molecule has 0 spiro atoms. The number of ether oxygens (including phenoxy) is 1. The van der Waals surface area contributed by atoms with Gasteiger partial charge >= 0.3 is 6.03 Å². The first-order valence-electron chi connectivity index (χ1n) is 8.41. The number of anilines is 1. The molecule has 2 N–H and O–H groups in total. The van der Waals surface area contributed by atoms with Crippen LogP contribution in [0, 0.1) is 0 Å². The second kappa shape index (κ2) is 8.79. The number of carbonyl (C=O) groups is 1. The van der Waals surface area contributed by atoms with Crippen molar-refractivity contribution in [2.24, 2.45) is 0 Å². The fraction of sp³-hybridized carbons (Fsp3) is 0.611. The van der Waals surface area contributed by atoms with Crippen LogP contribution in [-0.4, -0.2) is 25.3 Å². The van der Waals surface area contributed by atoms with E-state index < -0.39 is 0 Å². The molecule has 1 aromatic carbocycles. The standard InChI is InChI=1S/C18H28N2O2/c1-14(2)15-8-10-16(11-9-15)20-18(21)19-12-5-13-22-17-6-3-4-7-17/h8-11,14,17H,3-7,12-13H2,1-2H3,(H2,19,20,21). The van der Waals surface area contributed by atoms with Gasteiger partial charge in [-0.2, -0.15) is 0 Å². The molecule has 2 amide bonds. The zero-order valence-electron chi connectivity index (χ0n) is 13.7. The van der Waals surface area contributed by atoms with Crippen molar-refractivity contribution < 1.29 is 9.53 Å². The molecular weight excluding hydrogens is 276 g/mol. The summed E-state index contributed by atoms with van der Waals surface area (Å²) in [7, 11) is 0. The Labute approximate surface area is 133 Å². The lowest BCUT2D eigenvalue weighted by molar-refractivity contribution is 0.0572. The highest BCUT2D eigenvalue weighted by Crippen LogP contribution is 2.20. The van der Waals surface area contributed by atoms with Crippen molar-refractivity contribution in [1.29, 1.82) is 0 Å². The summed E-state index contributed by atoms with van der Waals surface area (Å²) >= 11 is 0. The Bertz CT molecular complexity index is 451. The van der Waals surface area contributed by atoms with Crippen LogP contribution in [0.5, 0.6) is 0 Å². The van der Waals surface area contributed by atoms with E-state index in [1.165, 1.54) is 31.2 Å². The van der Waals surface area contributed by atoms with Gasteiger partial charge in [-0.3, -0.25) is 0 Å². The summed E-state index contributed by atoms with van der Waals surface area (Å²) in [5, 5.41) is 5.71. The smallest absolute Gasteiger partial charge is 0.319 e. The van der Waals surface area contributed by atoms with Gasteiger partial charge in [-0.15, -0.1) is 0 Å². The van der Waals surface area contributed by atoms with Gasteiger partial charge in [0.05, 0.1) is 6.10 Å². The molecule has 0 saturated heterocycles. The van der Waals surface area contributed by atoms with Crippen molar-refractivity contribution in [3.05, 3.63) is 29.8 Å². The predicted molar refractivity (Wildman–Crippen MR) is 90.4 cm³/mol. The van der Waals surface area contributed by atoms with Crippen LogP contribution >= 0.6 is 0 Å². The lowest BCUT2D eigenvalue weighted by Crippen LogP contribution is -2.30. The summed E-state index contributed by atoms with van der Waals surface area (Å²) in [6.07, 6.45) is 6.28. The lowest BCUT2D eigenvalue weighted by Gasteiger charge is -2.12. The van der Waals surface area contributed by atoms with Gasteiger partial charge in [-0.25, -0.2) is 4.79 Å². The third kappa shape index (κ3) is 5.68. The van der Waals surface area contributed by atoms with Crippen LogP contribution in [0.4, 0.5) is 10.5 Å². The maximum Gasteiger partial charge on any atom is 0.319 e. The number of hydrogen-bond acceptors (Lipinski definition) is 2. The molecule has 1 fully saturated rings. The average Bonchev–Trinajstić information content (AvgIpc) is 3.00. The maximum atomic E-state index is 11.8. The second-order valence-electron chi connectivity index (χ2n) is 6.29. The topological polar surface area (TPSA) is 50.4 Å². The number of urea groups is 1. The van der Waals surface area contributed by atoms with E-state index in [1.807, 2.05) is 12.1 Å². The number of benzene rings is 1. The minimum atomic E-state index is -0.154. The van der Waals surface area contributed by atoms with Gasteiger partial charge in [0.25, 0.3) is 0 Å². The van der Waals surface area contributed by atoms with Crippen LogP contribution in [0.2, 0.25) is 0 Å². The first kappa shape index (κ1) is 16.8. The fourth-order valence-electron chi connectivity index (χ4n) is 2.71. The zero-order valence-corrected chi connectivity index (χ0v) is 13.7. The first-order chi connectivity index (χ1) is 10.6. The first-order valence-corrected chi connectivity index (χ1v) is 8.41. The van der Waals surface area contributed by atoms with Crippen LogP contribution < -0.4 is 10.6 Å². The molecule has 0 radical (unpaired) electrons. The average molecular weight is 304 g/mol. The summed E-state index contributed by atoms with van der Waals surface area (Å²) in [5.74, 6) is 0.503. The summed E-state index contributed by atoms with van der Waals surface area (Å²) in [4.78, 5) is 11.8. The molecule has 4 nitrogen and oxygen atoms in total. The quantitative estimate of drug-likeness (QED) is 0.739. The molecule has 0 unspecified atom stereocenters. The normalized spacial score (nSPS) is 15.2. The van der Waals surface area contributed by atoms with E-state index in [-0.39, 0.29) is 6.03 Å². The fourth-order valence-corrected chi connectivity index (χ4v) is 2.71. The molecular formula is C18H28N2O2. The Balaban J connectivity index is 1.58.